The molecule has 0 aliphatic carbocycles. The van der Waals surface area contributed by atoms with E-state index in [1.165, 1.54) is 50.5 Å². The summed E-state index contributed by atoms with van der Waals surface area (Å²) in [6.07, 6.45) is 9.31. The highest BCUT2D eigenvalue weighted by molar-refractivity contribution is 5.39. The predicted octanol–water partition coefficient (Wildman–Crippen LogP) is 4.54. The maximum Gasteiger partial charge on any atom is 0.0716 e. The van der Waals surface area contributed by atoms with Crippen molar-refractivity contribution < 1.29 is 4.74 Å². The summed E-state index contributed by atoms with van der Waals surface area (Å²) < 4.78 is 5.65. The van der Waals surface area contributed by atoms with E-state index in [2.05, 4.69) is 6.92 Å². The third-order valence-corrected chi connectivity index (χ3v) is 3.14. The van der Waals surface area contributed by atoms with Crippen molar-refractivity contribution in [3.63, 3.8) is 0 Å². The van der Waals surface area contributed by atoms with E-state index in [9.17, 15) is 0 Å². The van der Waals surface area contributed by atoms with Crippen LogP contribution in [0.25, 0.3) is 0 Å². The Labute approximate surface area is 112 Å². The van der Waals surface area contributed by atoms with Gasteiger partial charge in [0.1, 0.15) is 0 Å². The van der Waals surface area contributed by atoms with Crippen LogP contribution in [0.1, 0.15) is 57.4 Å². The Morgan fingerprint density at radius 2 is 1.50 bits per heavy atom. The average molecular weight is 249 g/mol. The summed E-state index contributed by atoms with van der Waals surface area (Å²) in [7, 11) is 0. The highest BCUT2D eigenvalue weighted by Crippen LogP contribution is 2.09. The molecule has 0 saturated carbocycles. The molecule has 0 spiro atoms. The van der Waals surface area contributed by atoms with Crippen LogP contribution in [0.15, 0.2) is 24.3 Å². The van der Waals surface area contributed by atoms with E-state index in [0.29, 0.717) is 6.61 Å². The molecule has 1 aromatic rings. The van der Waals surface area contributed by atoms with Crippen LogP contribution in [0.3, 0.4) is 0 Å². The fourth-order valence-corrected chi connectivity index (χ4v) is 1.97. The summed E-state index contributed by atoms with van der Waals surface area (Å²) >= 11 is 0. The van der Waals surface area contributed by atoms with Gasteiger partial charge in [-0.3, -0.25) is 0 Å². The molecule has 2 nitrogen and oxygen atoms in total. The predicted molar refractivity (Wildman–Crippen MR) is 78.5 cm³/mol. The van der Waals surface area contributed by atoms with Crippen LogP contribution in [0.2, 0.25) is 0 Å². The molecule has 2 heteroatoms. The quantitative estimate of drug-likeness (QED) is 0.488. The van der Waals surface area contributed by atoms with Crippen molar-refractivity contribution in [2.24, 2.45) is 0 Å². The number of nitrogen functional groups attached to an aromatic ring is 1. The number of unbranched alkanes of at least 4 members (excludes halogenated alkanes) is 6. The second-order valence-corrected chi connectivity index (χ2v) is 4.92. The van der Waals surface area contributed by atoms with Crippen molar-refractivity contribution >= 4 is 5.69 Å². The van der Waals surface area contributed by atoms with E-state index in [1.54, 1.807) is 0 Å². The zero-order valence-electron chi connectivity index (χ0n) is 11.7. The van der Waals surface area contributed by atoms with Crippen LogP contribution < -0.4 is 5.73 Å². The SMILES string of the molecule is CCCCCCCCCOCc1ccc(N)cc1. The molecule has 1 aromatic carbocycles. The van der Waals surface area contributed by atoms with Gasteiger partial charge in [-0.1, -0.05) is 57.6 Å². The molecule has 0 atom stereocenters. The topological polar surface area (TPSA) is 35.2 Å². The van der Waals surface area contributed by atoms with Gasteiger partial charge in [0.2, 0.25) is 0 Å². The Kier molecular flexibility index (Phi) is 8.32. The highest BCUT2D eigenvalue weighted by Gasteiger charge is 1.94. The van der Waals surface area contributed by atoms with E-state index in [0.717, 1.165) is 12.3 Å². The first-order chi connectivity index (χ1) is 8.83. The van der Waals surface area contributed by atoms with Crippen LogP contribution in [-0.2, 0) is 11.3 Å². The van der Waals surface area contributed by atoms with Gasteiger partial charge in [0.05, 0.1) is 6.61 Å². The van der Waals surface area contributed by atoms with Crippen molar-refractivity contribution in [3.05, 3.63) is 29.8 Å². The lowest BCUT2D eigenvalue weighted by molar-refractivity contribution is 0.116. The Morgan fingerprint density at radius 1 is 0.889 bits per heavy atom. The number of anilines is 1. The van der Waals surface area contributed by atoms with Crippen molar-refractivity contribution in [3.8, 4) is 0 Å². The second kappa shape index (κ2) is 9.95. The van der Waals surface area contributed by atoms with E-state index < -0.39 is 0 Å². The van der Waals surface area contributed by atoms with Crippen LogP contribution in [0.4, 0.5) is 5.69 Å². The zero-order valence-corrected chi connectivity index (χ0v) is 11.7. The normalized spacial score (nSPS) is 10.7. The fourth-order valence-electron chi connectivity index (χ4n) is 1.97. The number of ether oxygens (including phenoxy) is 1. The molecule has 0 heterocycles. The molecular formula is C16H27NO. The molecule has 0 aliphatic rings. The van der Waals surface area contributed by atoms with Gasteiger partial charge in [-0.15, -0.1) is 0 Å². The Morgan fingerprint density at radius 3 is 2.17 bits per heavy atom. The van der Waals surface area contributed by atoms with Gasteiger partial charge in [-0.25, -0.2) is 0 Å². The number of hydrogen-bond donors (Lipinski definition) is 1. The third kappa shape index (κ3) is 7.33. The first-order valence-electron chi connectivity index (χ1n) is 7.25. The van der Waals surface area contributed by atoms with E-state index in [-0.39, 0.29) is 0 Å². The van der Waals surface area contributed by atoms with Gasteiger partial charge in [0, 0.05) is 12.3 Å². The standard InChI is InChI=1S/C16H27NO/c1-2-3-4-5-6-7-8-13-18-14-15-9-11-16(17)12-10-15/h9-12H,2-8,13-14,17H2,1H3. The molecule has 0 aliphatic heterocycles. The molecule has 0 saturated heterocycles. The van der Waals surface area contributed by atoms with Crippen LogP contribution >= 0.6 is 0 Å². The maximum absolute atomic E-state index is 5.65. The van der Waals surface area contributed by atoms with Crippen molar-refractivity contribution in [1.29, 1.82) is 0 Å². The van der Waals surface area contributed by atoms with E-state index in [4.69, 9.17) is 10.5 Å². The molecule has 1 rings (SSSR count). The van der Waals surface area contributed by atoms with Gasteiger partial charge in [0.25, 0.3) is 0 Å². The van der Waals surface area contributed by atoms with Crippen LogP contribution in [-0.4, -0.2) is 6.61 Å². The number of nitrogens with two attached hydrogens (primary N) is 1. The molecule has 0 unspecified atom stereocenters. The first kappa shape index (κ1) is 15.0. The highest BCUT2D eigenvalue weighted by atomic mass is 16.5. The van der Waals surface area contributed by atoms with Crippen molar-refractivity contribution in [2.75, 3.05) is 12.3 Å². The van der Waals surface area contributed by atoms with Gasteiger partial charge in [-0.05, 0) is 24.1 Å². The molecule has 0 fully saturated rings. The molecule has 18 heavy (non-hydrogen) atoms. The maximum atomic E-state index is 5.65. The van der Waals surface area contributed by atoms with Crippen LogP contribution in [0, 0.1) is 0 Å². The van der Waals surface area contributed by atoms with Crippen LogP contribution in [0.5, 0.6) is 0 Å². The summed E-state index contributed by atoms with van der Waals surface area (Å²) in [4.78, 5) is 0. The lowest BCUT2D eigenvalue weighted by Crippen LogP contribution is -1.96. The molecule has 0 radical (unpaired) electrons. The van der Waals surface area contributed by atoms with E-state index >= 15 is 0 Å². The summed E-state index contributed by atoms with van der Waals surface area (Å²) in [5.41, 5.74) is 7.64. The molecule has 0 bridgehead atoms. The monoisotopic (exact) mass is 249 g/mol. The Hall–Kier alpha value is -1.02. The number of hydrogen-bond acceptors (Lipinski definition) is 2. The number of benzene rings is 1. The van der Waals surface area contributed by atoms with Gasteiger partial charge in [0.15, 0.2) is 0 Å². The summed E-state index contributed by atoms with van der Waals surface area (Å²) in [5.74, 6) is 0. The van der Waals surface area contributed by atoms with Gasteiger partial charge in [-0.2, -0.15) is 0 Å². The Balaban J connectivity index is 1.91. The van der Waals surface area contributed by atoms with Gasteiger partial charge < -0.3 is 10.5 Å². The summed E-state index contributed by atoms with van der Waals surface area (Å²) in [6.45, 7) is 3.83. The van der Waals surface area contributed by atoms with Gasteiger partial charge >= 0.3 is 0 Å². The molecular weight excluding hydrogens is 222 g/mol. The fraction of sp³-hybridized carbons (Fsp3) is 0.625. The molecule has 0 aromatic heterocycles. The molecule has 102 valence electrons. The first-order valence-corrected chi connectivity index (χ1v) is 7.25. The summed E-state index contributed by atoms with van der Waals surface area (Å²) in [5, 5.41) is 0. The minimum atomic E-state index is 0.704. The van der Waals surface area contributed by atoms with E-state index in [1.807, 2.05) is 24.3 Å². The lowest BCUT2D eigenvalue weighted by Gasteiger charge is -2.05. The Bertz CT molecular complexity index is 294. The minimum Gasteiger partial charge on any atom is -0.399 e. The minimum absolute atomic E-state index is 0.704. The molecule has 2 N–H and O–H groups in total. The van der Waals surface area contributed by atoms with Crippen molar-refractivity contribution in [2.45, 2.75) is 58.5 Å². The third-order valence-electron chi connectivity index (χ3n) is 3.14. The number of rotatable bonds is 10. The summed E-state index contributed by atoms with van der Waals surface area (Å²) in [6, 6.07) is 7.90. The average Bonchev–Trinajstić information content (AvgIpc) is 2.39. The van der Waals surface area contributed by atoms with Crippen molar-refractivity contribution in [1.82, 2.24) is 0 Å². The zero-order chi connectivity index (χ0) is 13.1. The molecule has 0 amide bonds. The largest absolute Gasteiger partial charge is 0.399 e. The lowest BCUT2D eigenvalue weighted by atomic mass is 10.1. The second-order valence-electron chi connectivity index (χ2n) is 4.92. The smallest absolute Gasteiger partial charge is 0.0716 e.